The average Bonchev–Trinajstić information content (AvgIpc) is 2.78. The van der Waals surface area contributed by atoms with Gasteiger partial charge in [-0.15, -0.1) is 0 Å². The molecule has 1 N–H and O–H groups in total. The van der Waals surface area contributed by atoms with E-state index in [1.165, 1.54) is 16.7 Å². The van der Waals surface area contributed by atoms with Crippen molar-refractivity contribution in [3.05, 3.63) is 95.1 Å². The van der Waals surface area contributed by atoms with E-state index in [-0.39, 0.29) is 5.91 Å². The summed E-state index contributed by atoms with van der Waals surface area (Å²) in [7, 11) is 2.13. The molecule has 0 aliphatic carbocycles. The molecule has 0 heterocycles. The van der Waals surface area contributed by atoms with Crippen LogP contribution in [0, 0.1) is 13.8 Å². The van der Waals surface area contributed by atoms with Gasteiger partial charge in [0.2, 0.25) is 0 Å². The molecule has 4 heteroatoms. The molecule has 0 radical (unpaired) electrons. The Morgan fingerprint density at radius 2 is 1.58 bits per heavy atom. The summed E-state index contributed by atoms with van der Waals surface area (Å²) in [5.74, 6) is 0.904. The van der Waals surface area contributed by atoms with Gasteiger partial charge in [-0.1, -0.05) is 48.5 Å². The van der Waals surface area contributed by atoms with Crippen LogP contribution in [0.25, 0.3) is 0 Å². The van der Waals surface area contributed by atoms with Crippen molar-refractivity contribution in [1.29, 1.82) is 0 Å². The highest BCUT2D eigenvalue weighted by Gasteiger charge is 2.12. The Morgan fingerprint density at radius 3 is 2.23 bits per heavy atom. The summed E-state index contributed by atoms with van der Waals surface area (Å²) in [6, 6.07) is 23.9. The summed E-state index contributed by atoms with van der Waals surface area (Å²) in [4.78, 5) is 14.6. The van der Waals surface area contributed by atoms with E-state index in [0.717, 1.165) is 24.4 Å². The average molecular weight is 417 g/mol. The molecule has 0 aliphatic heterocycles. The normalized spacial score (nSPS) is 11.9. The van der Waals surface area contributed by atoms with Crippen molar-refractivity contribution in [3.63, 3.8) is 0 Å². The van der Waals surface area contributed by atoms with Gasteiger partial charge in [0.25, 0.3) is 5.91 Å². The van der Waals surface area contributed by atoms with Crippen LogP contribution in [-0.2, 0) is 6.42 Å². The van der Waals surface area contributed by atoms with Crippen LogP contribution in [0.15, 0.2) is 72.8 Å². The molecule has 3 aromatic carbocycles. The Kier molecular flexibility index (Phi) is 7.85. The number of nitrogens with zero attached hydrogens (tertiary/aromatic N) is 1. The minimum atomic E-state index is -0.0919. The lowest BCUT2D eigenvalue weighted by molar-refractivity contribution is 0.102. The molecule has 0 aromatic heterocycles. The van der Waals surface area contributed by atoms with Gasteiger partial charge in [-0.05, 0) is 75.2 Å². The Balaban J connectivity index is 1.46. The maximum absolute atomic E-state index is 12.3. The third kappa shape index (κ3) is 6.43. The van der Waals surface area contributed by atoms with Gasteiger partial charge in [-0.25, -0.2) is 0 Å². The van der Waals surface area contributed by atoms with E-state index in [4.69, 9.17) is 4.74 Å². The SMILES string of the molecule is Cc1cccc(C)c1OCC(C)N(C)CCc1ccc(NC(=O)c2ccccc2)cc1. The molecule has 31 heavy (non-hydrogen) atoms. The second-order valence-electron chi connectivity index (χ2n) is 8.13. The van der Waals surface area contributed by atoms with Crippen LogP contribution in [-0.4, -0.2) is 37.0 Å². The molecule has 0 saturated heterocycles. The van der Waals surface area contributed by atoms with E-state index >= 15 is 0 Å². The van der Waals surface area contributed by atoms with Crippen LogP contribution in [0.1, 0.15) is 34.0 Å². The smallest absolute Gasteiger partial charge is 0.255 e. The third-order valence-electron chi connectivity index (χ3n) is 5.63. The fraction of sp³-hybridized carbons (Fsp3) is 0.296. The number of aryl methyl sites for hydroxylation is 2. The maximum Gasteiger partial charge on any atom is 0.255 e. The zero-order chi connectivity index (χ0) is 22.2. The Labute approximate surface area is 185 Å². The van der Waals surface area contributed by atoms with Crippen molar-refractivity contribution in [2.75, 3.05) is 25.5 Å². The summed E-state index contributed by atoms with van der Waals surface area (Å²) >= 11 is 0. The minimum absolute atomic E-state index is 0.0919. The van der Waals surface area contributed by atoms with Gasteiger partial charge in [0.15, 0.2) is 0 Å². The first kappa shape index (κ1) is 22.6. The zero-order valence-electron chi connectivity index (χ0n) is 18.9. The highest BCUT2D eigenvalue weighted by Crippen LogP contribution is 2.22. The summed E-state index contributed by atoms with van der Waals surface area (Å²) in [5, 5.41) is 2.94. The van der Waals surface area contributed by atoms with Crippen LogP contribution in [0.5, 0.6) is 5.75 Å². The lowest BCUT2D eigenvalue weighted by Crippen LogP contribution is -2.35. The Bertz CT molecular complexity index is 964. The summed E-state index contributed by atoms with van der Waals surface area (Å²) in [5.41, 5.74) is 5.06. The second kappa shape index (κ2) is 10.8. The molecule has 0 aliphatic rings. The van der Waals surface area contributed by atoms with Gasteiger partial charge in [0.05, 0.1) is 0 Å². The first-order chi connectivity index (χ1) is 14.9. The molecule has 1 unspecified atom stereocenters. The van der Waals surface area contributed by atoms with Crippen LogP contribution in [0.3, 0.4) is 0 Å². The number of para-hydroxylation sites is 1. The number of amides is 1. The van der Waals surface area contributed by atoms with Crippen molar-refractivity contribution in [2.45, 2.75) is 33.2 Å². The summed E-state index contributed by atoms with van der Waals surface area (Å²) < 4.78 is 6.11. The molecule has 0 saturated carbocycles. The van der Waals surface area contributed by atoms with Gasteiger partial charge >= 0.3 is 0 Å². The van der Waals surface area contributed by atoms with Crippen molar-refractivity contribution in [1.82, 2.24) is 4.90 Å². The van der Waals surface area contributed by atoms with E-state index in [0.29, 0.717) is 18.2 Å². The second-order valence-corrected chi connectivity index (χ2v) is 8.13. The lowest BCUT2D eigenvalue weighted by Gasteiger charge is -2.25. The third-order valence-corrected chi connectivity index (χ3v) is 5.63. The maximum atomic E-state index is 12.3. The predicted octanol–water partition coefficient (Wildman–Crippen LogP) is 5.50. The first-order valence-corrected chi connectivity index (χ1v) is 10.8. The van der Waals surface area contributed by atoms with Crippen LogP contribution in [0.4, 0.5) is 5.69 Å². The van der Waals surface area contributed by atoms with E-state index < -0.39 is 0 Å². The van der Waals surface area contributed by atoms with Crippen molar-refractivity contribution in [3.8, 4) is 5.75 Å². The number of hydrogen-bond donors (Lipinski definition) is 1. The van der Waals surface area contributed by atoms with Crippen molar-refractivity contribution >= 4 is 11.6 Å². The Morgan fingerprint density at radius 1 is 0.935 bits per heavy atom. The molecule has 0 bridgehead atoms. The molecule has 1 amide bonds. The summed E-state index contributed by atoms with van der Waals surface area (Å²) in [6.07, 6.45) is 0.942. The van der Waals surface area contributed by atoms with Gasteiger partial charge in [-0.2, -0.15) is 0 Å². The number of carbonyl (C=O) groups is 1. The number of likely N-dealkylation sites (N-methyl/N-ethyl adjacent to an activating group) is 1. The Hall–Kier alpha value is -3.11. The van der Waals surface area contributed by atoms with Crippen molar-refractivity contribution < 1.29 is 9.53 Å². The number of benzene rings is 3. The molecule has 162 valence electrons. The van der Waals surface area contributed by atoms with Crippen LogP contribution in [0.2, 0.25) is 0 Å². The van der Waals surface area contributed by atoms with Gasteiger partial charge < -0.3 is 10.1 Å². The highest BCUT2D eigenvalue weighted by molar-refractivity contribution is 6.04. The van der Waals surface area contributed by atoms with E-state index in [2.05, 4.69) is 68.4 Å². The molecule has 0 fully saturated rings. The molecule has 3 aromatic rings. The van der Waals surface area contributed by atoms with E-state index in [1.54, 1.807) is 0 Å². The predicted molar refractivity (Wildman–Crippen MR) is 128 cm³/mol. The number of anilines is 1. The molecule has 3 rings (SSSR count). The molecular formula is C27H32N2O2. The number of ether oxygens (including phenoxy) is 1. The summed E-state index contributed by atoms with van der Waals surface area (Å²) in [6.45, 7) is 7.96. The topological polar surface area (TPSA) is 41.6 Å². The molecule has 4 nitrogen and oxygen atoms in total. The lowest BCUT2D eigenvalue weighted by atomic mass is 10.1. The number of nitrogens with one attached hydrogen (secondary N) is 1. The standard InChI is InChI=1S/C27H32N2O2/c1-20-9-8-10-21(2)26(20)31-19-22(3)29(4)18-17-23-13-15-25(16-14-23)28-27(30)24-11-6-5-7-12-24/h5-16,22H,17-19H2,1-4H3,(H,28,30). The number of hydrogen-bond acceptors (Lipinski definition) is 3. The monoisotopic (exact) mass is 416 g/mol. The zero-order valence-corrected chi connectivity index (χ0v) is 18.9. The fourth-order valence-electron chi connectivity index (χ4n) is 3.43. The largest absolute Gasteiger partial charge is 0.491 e. The molecule has 0 spiro atoms. The van der Waals surface area contributed by atoms with Gasteiger partial charge in [0, 0.05) is 23.8 Å². The first-order valence-electron chi connectivity index (χ1n) is 10.8. The highest BCUT2D eigenvalue weighted by atomic mass is 16.5. The molecular weight excluding hydrogens is 384 g/mol. The van der Waals surface area contributed by atoms with Gasteiger partial charge in [-0.3, -0.25) is 9.69 Å². The number of rotatable bonds is 9. The quantitative estimate of drug-likeness (QED) is 0.501. The van der Waals surface area contributed by atoms with E-state index in [1.807, 2.05) is 42.5 Å². The van der Waals surface area contributed by atoms with Crippen LogP contribution >= 0.6 is 0 Å². The van der Waals surface area contributed by atoms with Crippen LogP contribution < -0.4 is 10.1 Å². The van der Waals surface area contributed by atoms with E-state index in [9.17, 15) is 4.79 Å². The van der Waals surface area contributed by atoms with Crippen molar-refractivity contribution in [2.24, 2.45) is 0 Å². The number of carbonyl (C=O) groups excluding carboxylic acids is 1. The minimum Gasteiger partial charge on any atom is -0.491 e. The molecule has 1 atom stereocenters. The van der Waals surface area contributed by atoms with Gasteiger partial charge in [0.1, 0.15) is 12.4 Å². The fourth-order valence-corrected chi connectivity index (χ4v) is 3.43.